The number of rotatable bonds is 6. The SMILES string of the molecule is CCOCC(C)NC(C)c1ccc2c(c1)OCCO2. The van der Waals surface area contributed by atoms with Crippen molar-refractivity contribution >= 4 is 0 Å². The van der Waals surface area contributed by atoms with Crippen LogP contribution in [0.3, 0.4) is 0 Å². The Morgan fingerprint density at radius 2 is 1.95 bits per heavy atom. The maximum atomic E-state index is 5.61. The first kappa shape index (κ1) is 14.2. The van der Waals surface area contributed by atoms with Crippen molar-refractivity contribution in [3.05, 3.63) is 23.8 Å². The lowest BCUT2D eigenvalue weighted by Crippen LogP contribution is -2.32. The summed E-state index contributed by atoms with van der Waals surface area (Å²) in [6.45, 7) is 9.02. The highest BCUT2D eigenvalue weighted by molar-refractivity contribution is 5.44. The number of nitrogens with one attached hydrogen (secondary N) is 1. The number of fused-ring (bicyclic) bond motifs is 1. The zero-order chi connectivity index (χ0) is 13.7. The van der Waals surface area contributed by atoms with Crippen LogP contribution in [0.15, 0.2) is 18.2 Å². The summed E-state index contributed by atoms with van der Waals surface area (Å²) in [6.07, 6.45) is 0. The van der Waals surface area contributed by atoms with Crippen LogP contribution in [0.1, 0.15) is 32.4 Å². The molecular weight excluding hydrogens is 242 g/mol. The van der Waals surface area contributed by atoms with Crippen LogP contribution in [0.2, 0.25) is 0 Å². The molecule has 4 heteroatoms. The lowest BCUT2D eigenvalue weighted by Gasteiger charge is -2.23. The molecule has 0 aromatic heterocycles. The fraction of sp³-hybridized carbons (Fsp3) is 0.600. The summed E-state index contributed by atoms with van der Waals surface area (Å²) >= 11 is 0. The third kappa shape index (κ3) is 3.85. The normalized spacial score (nSPS) is 17.0. The van der Waals surface area contributed by atoms with Crippen LogP contribution in [0.5, 0.6) is 11.5 Å². The molecule has 1 heterocycles. The molecule has 1 aliphatic rings. The van der Waals surface area contributed by atoms with Crippen LogP contribution in [0.4, 0.5) is 0 Å². The van der Waals surface area contributed by atoms with Gasteiger partial charge in [-0.25, -0.2) is 0 Å². The number of benzene rings is 1. The number of hydrogen-bond acceptors (Lipinski definition) is 4. The van der Waals surface area contributed by atoms with Crippen molar-refractivity contribution in [1.82, 2.24) is 5.32 Å². The standard InChI is InChI=1S/C15H23NO3/c1-4-17-10-11(2)16-12(3)13-5-6-14-15(9-13)19-8-7-18-14/h5-6,9,11-12,16H,4,7-8,10H2,1-3H3. The van der Waals surface area contributed by atoms with E-state index in [0.717, 1.165) is 24.7 Å². The van der Waals surface area contributed by atoms with Gasteiger partial charge in [0, 0.05) is 18.7 Å². The third-order valence-corrected chi connectivity index (χ3v) is 3.17. The Balaban J connectivity index is 1.97. The van der Waals surface area contributed by atoms with Gasteiger partial charge in [-0.2, -0.15) is 0 Å². The van der Waals surface area contributed by atoms with Gasteiger partial charge in [0.2, 0.25) is 0 Å². The molecule has 4 nitrogen and oxygen atoms in total. The van der Waals surface area contributed by atoms with E-state index < -0.39 is 0 Å². The molecule has 0 fully saturated rings. The molecule has 0 amide bonds. The van der Waals surface area contributed by atoms with Gasteiger partial charge in [-0.05, 0) is 38.5 Å². The molecule has 19 heavy (non-hydrogen) atoms. The summed E-state index contributed by atoms with van der Waals surface area (Å²) in [4.78, 5) is 0. The molecule has 2 unspecified atom stereocenters. The Bertz CT molecular complexity index is 408. The lowest BCUT2D eigenvalue weighted by molar-refractivity contribution is 0.124. The van der Waals surface area contributed by atoms with E-state index in [1.54, 1.807) is 0 Å². The number of ether oxygens (including phenoxy) is 3. The highest BCUT2D eigenvalue weighted by Crippen LogP contribution is 2.32. The van der Waals surface area contributed by atoms with Gasteiger partial charge in [0.05, 0.1) is 6.61 Å². The van der Waals surface area contributed by atoms with Crippen LogP contribution < -0.4 is 14.8 Å². The number of hydrogen-bond donors (Lipinski definition) is 1. The summed E-state index contributed by atoms with van der Waals surface area (Å²) in [5, 5.41) is 3.52. The summed E-state index contributed by atoms with van der Waals surface area (Å²) in [6, 6.07) is 6.70. The second kappa shape index (κ2) is 6.78. The fourth-order valence-corrected chi connectivity index (χ4v) is 2.20. The monoisotopic (exact) mass is 265 g/mol. The minimum atomic E-state index is 0.256. The van der Waals surface area contributed by atoms with E-state index in [-0.39, 0.29) is 6.04 Å². The quantitative estimate of drug-likeness (QED) is 0.858. The molecule has 0 saturated carbocycles. The molecule has 1 N–H and O–H groups in total. The minimum absolute atomic E-state index is 0.256. The van der Waals surface area contributed by atoms with Crippen LogP contribution in [-0.4, -0.2) is 32.5 Å². The summed E-state index contributed by atoms with van der Waals surface area (Å²) in [5.41, 5.74) is 1.20. The van der Waals surface area contributed by atoms with Crippen molar-refractivity contribution in [1.29, 1.82) is 0 Å². The van der Waals surface area contributed by atoms with Gasteiger partial charge in [-0.15, -0.1) is 0 Å². The molecule has 0 radical (unpaired) electrons. The first-order chi connectivity index (χ1) is 9.20. The highest BCUT2D eigenvalue weighted by atomic mass is 16.6. The van der Waals surface area contributed by atoms with Crippen molar-refractivity contribution in [2.75, 3.05) is 26.4 Å². The second-order valence-electron chi connectivity index (χ2n) is 4.85. The van der Waals surface area contributed by atoms with Gasteiger partial charge < -0.3 is 19.5 Å². The molecule has 1 aromatic rings. The average molecular weight is 265 g/mol. The van der Waals surface area contributed by atoms with Crippen LogP contribution in [-0.2, 0) is 4.74 Å². The van der Waals surface area contributed by atoms with Gasteiger partial charge >= 0.3 is 0 Å². The van der Waals surface area contributed by atoms with E-state index in [1.807, 2.05) is 13.0 Å². The maximum absolute atomic E-state index is 5.61. The van der Waals surface area contributed by atoms with Gasteiger partial charge in [0.15, 0.2) is 11.5 Å². The highest BCUT2D eigenvalue weighted by Gasteiger charge is 2.15. The molecule has 1 aromatic carbocycles. The van der Waals surface area contributed by atoms with E-state index in [0.29, 0.717) is 19.3 Å². The Morgan fingerprint density at radius 1 is 1.21 bits per heavy atom. The molecular formula is C15H23NO3. The third-order valence-electron chi connectivity index (χ3n) is 3.17. The van der Waals surface area contributed by atoms with Crippen molar-refractivity contribution in [3.63, 3.8) is 0 Å². The van der Waals surface area contributed by atoms with Crippen molar-refractivity contribution in [2.24, 2.45) is 0 Å². The van der Waals surface area contributed by atoms with Crippen LogP contribution >= 0.6 is 0 Å². The van der Waals surface area contributed by atoms with Crippen LogP contribution in [0.25, 0.3) is 0 Å². The predicted molar refractivity (Wildman–Crippen MR) is 74.9 cm³/mol. The molecule has 0 saturated heterocycles. The van der Waals surface area contributed by atoms with Crippen molar-refractivity contribution in [2.45, 2.75) is 32.9 Å². The van der Waals surface area contributed by atoms with Gasteiger partial charge in [0.25, 0.3) is 0 Å². The summed E-state index contributed by atoms with van der Waals surface area (Å²) < 4.78 is 16.5. The van der Waals surface area contributed by atoms with E-state index >= 15 is 0 Å². The summed E-state index contributed by atoms with van der Waals surface area (Å²) in [7, 11) is 0. The van der Waals surface area contributed by atoms with E-state index in [4.69, 9.17) is 14.2 Å². The molecule has 0 bridgehead atoms. The first-order valence-electron chi connectivity index (χ1n) is 6.94. The Kier molecular flexibility index (Phi) is 5.05. The molecule has 2 rings (SSSR count). The second-order valence-corrected chi connectivity index (χ2v) is 4.85. The Morgan fingerprint density at radius 3 is 2.68 bits per heavy atom. The van der Waals surface area contributed by atoms with Crippen LogP contribution in [0, 0.1) is 0 Å². The van der Waals surface area contributed by atoms with Gasteiger partial charge in [0.1, 0.15) is 13.2 Å². The zero-order valence-electron chi connectivity index (χ0n) is 11.9. The van der Waals surface area contributed by atoms with E-state index in [9.17, 15) is 0 Å². The van der Waals surface area contributed by atoms with Crippen molar-refractivity contribution < 1.29 is 14.2 Å². The van der Waals surface area contributed by atoms with Gasteiger partial charge in [-0.3, -0.25) is 0 Å². The van der Waals surface area contributed by atoms with Gasteiger partial charge in [-0.1, -0.05) is 6.07 Å². The first-order valence-corrected chi connectivity index (χ1v) is 6.94. The molecule has 106 valence electrons. The fourth-order valence-electron chi connectivity index (χ4n) is 2.20. The average Bonchev–Trinajstić information content (AvgIpc) is 2.44. The smallest absolute Gasteiger partial charge is 0.161 e. The van der Waals surface area contributed by atoms with Crippen molar-refractivity contribution in [3.8, 4) is 11.5 Å². The topological polar surface area (TPSA) is 39.7 Å². The molecule has 1 aliphatic heterocycles. The van der Waals surface area contributed by atoms with E-state index in [1.165, 1.54) is 5.56 Å². The largest absolute Gasteiger partial charge is 0.486 e. The predicted octanol–water partition coefficient (Wildman–Crippen LogP) is 2.53. The molecule has 0 aliphatic carbocycles. The molecule has 0 spiro atoms. The summed E-state index contributed by atoms with van der Waals surface area (Å²) in [5.74, 6) is 1.68. The van der Waals surface area contributed by atoms with E-state index in [2.05, 4.69) is 31.3 Å². The Hall–Kier alpha value is -1.26. The molecule has 2 atom stereocenters. The Labute approximate surface area is 115 Å². The zero-order valence-corrected chi connectivity index (χ0v) is 11.9. The maximum Gasteiger partial charge on any atom is 0.161 e. The lowest BCUT2D eigenvalue weighted by atomic mass is 10.1. The minimum Gasteiger partial charge on any atom is -0.486 e.